The maximum atomic E-state index is 6.23. The van der Waals surface area contributed by atoms with Crippen LogP contribution in [0.5, 0.6) is 0 Å². The van der Waals surface area contributed by atoms with Crippen molar-refractivity contribution in [3.05, 3.63) is 41.2 Å². The van der Waals surface area contributed by atoms with E-state index in [0.29, 0.717) is 0 Å². The van der Waals surface area contributed by atoms with Crippen molar-refractivity contribution in [2.75, 3.05) is 24.6 Å². The van der Waals surface area contributed by atoms with E-state index < -0.39 is 0 Å². The number of morpholine rings is 1. The highest BCUT2D eigenvalue weighted by molar-refractivity contribution is 7.09. The van der Waals surface area contributed by atoms with Gasteiger partial charge in [0.05, 0.1) is 13.2 Å². The van der Waals surface area contributed by atoms with Gasteiger partial charge in [-0.1, -0.05) is 24.3 Å². The van der Waals surface area contributed by atoms with Crippen molar-refractivity contribution in [1.82, 2.24) is 9.36 Å². The van der Waals surface area contributed by atoms with Crippen LogP contribution >= 0.6 is 11.5 Å². The molecule has 1 spiro atoms. The first-order chi connectivity index (χ1) is 9.77. The molecule has 0 saturated carbocycles. The first kappa shape index (κ1) is 12.3. The Bertz CT molecular complexity index is 638. The molecule has 5 heteroatoms. The molecule has 0 bridgehead atoms. The maximum Gasteiger partial charge on any atom is 0.205 e. The summed E-state index contributed by atoms with van der Waals surface area (Å²) < 4.78 is 10.5. The van der Waals surface area contributed by atoms with E-state index in [2.05, 4.69) is 38.5 Å². The van der Waals surface area contributed by atoms with Crippen LogP contribution in [0.3, 0.4) is 0 Å². The van der Waals surface area contributed by atoms with E-state index in [0.717, 1.165) is 43.5 Å². The lowest BCUT2D eigenvalue weighted by molar-refractivity contribution is -0.0592. The summed E-state index contributed by atoms with van der Waals surface area (Å²) >= 11 is 1.49. The van der Waals surface area contributed by atoms with Crippen LogP contribution in [-0.2, 0) is 16.8 Å². The van der Waals surface area contributed by atoms with Gasteiger partial charge in [-0.25, -0.2) is 4.98 Å². The largest absolute Gasteiger partial charge is 0.367 e. The van der Waals surface area contributed by atoms with Gasteiger partial charge < -0.3 is 9.64 Å². The summed E-state index contributed by atoms with van der Waals surface area (Å²) in [4.78, 5) is 6.85. The zero-order valence-electron chi connectivity index (χ0n) is 11.5. The molecule has 0 N–H and O–H groups in total. The van der Waals surface area contributed by atoms with Crippen molar-refractivity contribution >= 4 is 16.7 Å². The molecule has 4 nitrogen and oxygen atoms in total. The molecule has 4 rings (SSSR count). The quantitative estimate of drug-likeness (QED) is 0.808. The molecule has 104 valence electrons. The lowest BCUT2D eigenvalue weighted by Gasteiger charge is -2.41. The third-order valence-corrected chi connectivity index (χ3v) is 5.15. The van der Waals surface area contributed by atoms with Crippen LogP contribution in [0.15, 0.2) is 24.3 Å². The Kier molecular flexibility index (Phi) is 2.79. The zero-order chi connectivity index (χ0) is 13.6. The number of anilines is 1. The molecular weight excluding hydrogens is 270 g/mol. The normalized spacial score (nSPS) is 25.1. The summed E-state index contributed by atoms with van der Waals surface area (Å²) in [5.41, 5.74) is 2.66. The Balaban J connectivity index is 1.67. The molecule has 1 aromatic carbocycles. The SMILES string of the molecule is Cc1nsc(N2CCOC3(CCc4ccccc43)C2)n1. The third-order valence-electron chi connectivity index (χ3n) is 4.28. The average Bonchev–Trinajstić information content (AvgIpc) is 3.05. The zero-order valence-corrected chi connectivity index (χ0v) is 12.3. The van der Waals surface area contributed by atoms with Crippen molar-refractivity contribution in [1.29, 1.82) is 0 Å². The first-order valence-corrected chi connectivity index (χ1v) is 7.82. The van der Waals surface area contributed by atoms with Crippen molar-refractivity contribution in [3.8, 4) is 0 Å². The fourth-order valence-corrected chi connectivity index (χ4v) is 4.03. The minimum absolute atomic E-state index is 0.144. The van der Waals surface area contributed by atoms with Gasteiger partial charge in [-0.2, -0.15) is 4.37 Å². The van der Waals surface area contributed by atoms with Crippen LogP contribution in [0.2, 0.25) is 0 Å². The van der Waals surface area contributed by atoms with E-state index in [4.69, 9.17) is 4.74 Å². The molecule has 0 amide bonds. The number of benzene rings is 1. The number of fused-ring (bicyclic) bond motifs is 2. The molecule has 1 saturated heterocycles. The fourth-order valence-electron chi connectivity index (χ4n) is 3.33. The van der Waals surface area contributed by atoms with Crippen LogP contribution in [0.1, 0.15) is 23.4 Å². The minimum atomic E-state index is -0.144. The van der Waals surface area contributed by atoms with E-state index in [1.807, 2.05) is 6.92 Å². The van der Waals surface area contributed by atoms with Gasteiger partial charge in [-0.15, -0.1) is 0 Å². The summed E-state index contributed by atoms with van der Waals surface area (Å²) in [5, 5.41) is 1.02. The van der Waals surface area contributed by atoms with Gasteiger partial charge in [0.25, 0.3) is 0 Å². The van der Waals surface area contributed by atoms with Gasteiger partial charge in [0.1, 0.15) is 11.4 Å². The molecule has 1 unspecified atom stereocenters. The van der Waals surface area contributed by atoms with Crippen LogP contribution < -0.4 is 4.90 Å². The second kappa shape index (κ2) is 4.53. The van der Waals surface area contributed by atoms with Crippen LogP contribution in [0, 0.1) is 6.92 Å². The number of aromatic nitrogens is 2. The highest BCUT2D eigenvalue weighted by Gasteiger charge is 2.43. The second-order valence-electron chi connectivity index (χ2n) is 5.55. The van der Waals surface area contributed by atoms with Gasteiger partial charge in [0.2, 0.25) is 5.13 Å². The minimum Gasteiger partial charge on any atom is -0.367 e. The lowest BCUT2D eigenvalue weighted by atomic mass is 9.94. The number of hydrogen-bond donors (Lipinski definition) is 0. The molecule has 1 aliphatic carbocycles. The number of aryl methyl sites for hydroxylation is 2. The summed E-state index contributed by atoms with van der Waals surface area (Å²) in [6, 6.07) is 8.68. The van der Waals surface area contributed by atoms with Crippen LogP contribution in [0.25, 0.3) is 0 Å². The fraction of sp³-hybridized carbons (Fsp3) is 0.467. The number of ether oxygens (including phenoxy) is 1. The number of rotatable bonds is 1. The monoisotopic (exact) mass is 287 g/mol. The summed E-state index contributed by atoms with van der Waals surface area (Å²) in [6.45, 7) is 4.49. The van der Waals surface area contributed by atoms with Gasteiger partial charge in [0.15, 0.2) is 0 Å². The van der Waals surface area contributed by atoms with Gasteiger partial charge in [-0.05, 0) is 30.9 Å². The first-order valence-electron chi connectivity index (χ1n) is 7.04. The highest BCUT2D eigenvalue weighted by Crippen LogP contribution is 2.43. The van der Waals surface area contributed by atoms with Gasteiger partial charge in [0, 0.05) is 18.1 Å². The lowest BCUT2D eigenvalue weighted by Crippen LogP contribution is -2.49. The number of hydrogen-bond acceptors (Lipinski definition) is 5. The molecule has 2 heterocycles. The maximum absolute atomic E-state index is 6.23. The Morgan fingerprint density at radius 1 is 1.35 bits per heavy atom. The Labute approximate surface area is 122 Å². The Morgan fingerprint density at radius 3 is 3.10 bits per heavy atom. The second-order valence-corrected chi connectivity index (χ2v) is 6.28. The highest BCUT2D eigenvalue weighted by atomic mass is 32.1. The van der Waals surface area contributed by atoms with Crippen LogP contribution in [0.4, 0.5) is 5.13 Å². The average molecular weight is 287 g/mol. The molecule has 1 aliphatic heterocycles. The molecule has 1 fully saturated rings. The van der Waals surface area contributed by atoms with Gasteiger partial charge >= 0.3 is 0 Å². The smallest absolute Gasteiger partial charge is 0.205 e. The summed E-state index contributed by atoms with van der Waals surface area (Å²) in [6.07, 6.45) is 2.18. The predicted molar refractivity (Wildman–Crippen MR) is 79.3 cm³/mol. The Hall–Kier alpha value is -1.46. The molecular formula is C15H17N3OS. The van der Waals surface area contributed by atoms with Crippen molar-refractivity contribution < 1.29 is 4.74 Å². The summed E-state index contributed by atoms with van der Waals surface area (Å²) in [5.74, 6) is 0.859. The Morgan fingerprint density at radius 2 is 2.25 bits per heavy atom. The molecule has 1 atom stereocenters. The van der Waals surface area contributed by atoms with Gasteiger partial charge in [-0.3, -0.25) is 0 Å². The molecule has 2 aromatic rings. The van der Waals surface area contributed by atoms with E-state index in [-0.39, 0.29) is 5.60 Å². The molecule has 2 aliphatic rings. The van der Waals surface area contributed by atoms with E-state index in [1.54, 1.807) is 0 Å². The van der Waals surface area contributed by atoms with E-state index in [9.17, 15) is 0 Å². The van der Waals surface area contributed by atoms with E-state index >= 15 is 0 Å². The van der Waals surface area contributed by atoms with Crippen molar-refractivity contribution in [2.45, 2.75) is 25.4 Å². The molecule has 0 radical (unpaired) electrons. The van der Waals surface area contributed by atoms with Crippen LogP contribution in [-0.4, -0.2) is 29.1 Å². The van der Waals surface area contributed by atoms with Crippen molar-refractivity contribution in [3.63, 3.8) is 0 Å². The van der Waals surface area contributed by atoms with Crippen molar-refractivity contribution in [2.24, 2.45) is 0 Å². The number of nitrogens with zero attached hydrogens (tertiary/aromatic N) is 3. The standard InChI is InChI=1S/C15H17N3OS/c1-11-16-14(20-17-11)18-8-9-19-15(10-18)7-6-12-4-2-3-5-13(12)15/h2-5H,6-10H2,1H3. The third kappa shape index (κ3) is 1.84. The molecule has 1 aromatic heterocycles. The topological polar surface area (TPSA) is 38.2 Å². The van der Waals surface area contributed by atoms with E-state index in [1.165, 1.54) is 22.7 Å². The molecule has 20 heavy (non-hydrogen) atoms. The predicted octanol–water partition coefficient (Wildman–Crippen LogP) is 2.52. The summed E-state index contributed by atoms with van der Waals surface area (Å²) in [7, 11) is 0.